The third-order valence-electron chi connectivity index (χ3n) is 4.47. The minimum Gasteiger partial charge on any atom is -0.507 e. The van der Waals surface area contributed by atoms with Gasteiger partial charge in [-0.15, -0.1) is 0 Å². The highest BCUT2D eigenvalue weighted by atomic mass is 16.7. The second kappa shape index (κ2) is 15.8. The van der Waals surface area contributed by atoms with Crippen LogP contribution in [0.1, 0.15) is 31.9 Å². The molecule has 0 saturated heterocycles. The molecule has 200 valence electrons. The van der Waals surface area contributed by atoms with E-state index in [1.54, 1.807) is 20.8 Å². The lowest BCUT2D eigenvalue weighted by Crippen LogP contribution is -2.47. The van der Waals surface area contributed by atoms with Crippen LogP contribution in [0.25, 0.3) is 0 Å². The Hall–Kier alpha value is -2.13. The highest BCUT2D eigenvalue weighted by molar-refractivity contribution is 5.18. The highest BCUT2D eigenvalue weighted by Gasteiger charge is 2.31. The van der Waals surface area contributed by atoms with E-state index in [0.717, 1.165) is 11.1 Å². The normalized spacial score (nSPS) is 18.4. The van der Waals surface area contributed by atoms with Gasteiger partial charge in [-0.2, -0.15) is 5.48 Å². The average Bonchev–Trinajstić information content (AvgIpc) is 2.81. The van der Waals surface area contributed by atoms with Gasteiger partial charge in [0.25, 0.3) is 0 Å². The second-order valence-electron chi connectivity index (χ2n) is 8.66. The summed E-state index contributed by atoms with van der Waals surface area (Å²) in [6, 6.07) is 1.98. The van der Waals surface area contributed by atoms with Gasteiger partial charge in [-0.3, -0.25) is 4.84 Å². The van der Waals surface area contributed by atoms with Crippen molar-refractivity contribution >= 4 is 0 Å². The highest BCUT2D eigenvalue weighted by Crippen LogP contribution is 2.16. The summed E-state index contributed by atoms with van der Waals surface area (Å²) >= 11 is 0. The predicted octanol–water partition coefficient (Wildman–Crippen LogP) is -0.645. The zero-order valence-corrected chi connectivity index (χ0v) is 20.5. The fraction of sp³-hybridized carbons (Fsp3) is 0.609. The van der Waals surface area contributed by atoms with Gasteiger partial charge in [-0.1, -0.05) is 0 Å². The Labute approximate surface area is 205 Å². The smallest absolute Gasteiger partial charge is 0.228 e. The van der Waals surface area contributed by atoms with Crippen molar-refractivity contribution in [3.63, 3.8) is 0 Å². The van der Waals surface area contributed by atoms with E-state index in [1.165, 1.54) is 12.2 Å². The van der Waals surface area contributed by atoms with Crippen LogP contribution in [0, 0.1) is 6.92 Å². The molecule has 1 aromatic rings. The van der Waals surface area contributed by atoms with Crippen LogP contribution in [-0.2, 0) is 25.7 Å². The van der Waals surface area contributed by atoms with E-state index in [2.05, 4.69) is 10.5 Å². The van der Waals surface area contributed by atoms with Crippen LogP contribution in [0.2, 0.25) is 0 Å². The summed E-state index contributed by atoms with van der Waals surface area (Å²) in [4.78, 5) is 8.27. The minimum absolute atomic E-state index is 0.00648. The van der Waals surface area contributed by atoms with Crippen molar-refractivity contribution in [2.24, 2.45) is 0 Å². The van der Waals surface area contributed by atoms with E-state index in [-0.39, 0.29) is 12.4 Å². The van der Waals surface area contributed by atoms with Crippen LogP contribution in [0.4, 0.5) is 0 Å². The van der Waals surface area contributed by atoms with Crippen LogP contribution in [0.15, 0.2) is 42.1 Å². The fourth-order valence-electron chi connectivity index (χ4n) is 2.89. The largest absolute Gasteiger partial charge is 0.507 e. The van der Waals surface area contributed by atoms with Crippen molar-refractivity contribution in [3.8, 4) is 0 Å². The lowest BCUT2D eigenvalue weighted by molar-refractivity contribution is -0.379. The number of aliphatic hydroxyl groups is 6. The molecule has 1 aliphatic rings. The Kier molecular flexibility index (Phi) is 13.9. The van der Waals surface area contributed by atoms with Gasteiger partial charge in [0.2, 0.25) is 6.23 Å². The van der Waals surface area contributed by atoms with E-state index in [0.29, 0.717) is 12.4 Å². The Balaban J connectivity index is 0.000000357. The third-order valence-corrected chi connectivity index (χ3v) is 4.47. The summed E-state index contributed by atoms with van der Waals surface area (Å²) in [5, 5.41) is 54.9. The van der Waals surface area contributed by atoms with Gasteiger partial charge >= 0.3 is 0 Å². The van der Waals surface area contributed by atoms with Crippen molar-refractivity contribution in [3.05, 3.63) is 53.3 Å². The zero-order chi connectivity index (χ0) is 26.4. The van der Waals surface area contributed by atoms with Gasteiger partial charge in [-0.25, -0.2) is 4.98 Å². The molecule has 2 rings (SSSR count). The van der Waals surface area contributed by atoms with Gasteiger partial charge in [-0.05, 0) is 45.9 Å². The number of hydroxylamine groups is 1. The first-order valence-corrected chi connectivity index (χ1v) is 11.1. The van der Waals surface area contributed by atoms with Gasteiger partial charge < -0.3 is 44.8 Å². The maximum Gasteiger partial charge on any atom is 0.228 e. The lowest BCUT2D eigenvalue weighted by Gasteiger charge is -2.32. The first-order valence-electron chi connectivity index (χ1n) is 11.1. The van der Waals surface area contributed by atoms with E-state index < -0.39 is 50.1 Å². The number of rotatable bonds is 12. The number of H-pyrrole nitrogens is 1. The monoisotopic (exact) mass is 503 g/mol. The molecule has 0 aromatic carbocycles. The molecule has 35 heavy (non-hydrogen) atoms. The minimum atomic E-state index is -1.21. The summed E-state index contributed by atoms with van der Waals surface area (Å²) in [6.07, 6.45) is 2.80. The summed E-state index contributed by atoms with van der Waals surface area (Å²) < 4.78 is 15.4. The number of aliphatic hydroxyl groups excluding tert-OH is 6. The average molecular weight is 504 g/mol. The number of aromatic amines is 1. The van der Waals surface area contributed by atoms with Crippen molar-refractivity contribution in [1.29, 1.82) is 0 Å². The Morgan fingerprint density at radius 3 is 2.31 bits per heavy atom. The van der Waals surface area contributed by atoms with Crippen LogP contribution in [0.5, 0.6) is 0 Å². The summed E-state index contributed by atoms with van der Waals surface area (Å²) in [5.41, 5.74) is 4.13. The topological polar surface area (TPSA) is 184 Å². The molecule has 0 amide bonds. The van der Waals surface area contributed by atoms with Crippen LogP contribution in [-0.4, -0.2) is 87.4 Å². The number of ether oxygens (including phenoxy) is 3. The zero-order valence-electron chi connectivity index (χ0n) is 20.5. The Morgan fingerprint density at radius 1 is 1.09 bits per heavy atom. The fourth-order valence-corrected chi connectivity index (χ4v) is 2.89. The van der Waals surface area contributed by atoms with Crippen molar-refractivity contribution in [2.75, 3.05) is 26.6 Å². The summed E-state index contributed by atoms with van der Waals surface area (Å²) in [7, 11) is 0. The van der Waals surface area contributed by atoms with Crippen LogP contribution < -0.4 is 10.5 Å². The van der Waals surface area contributed by atoms with E-state index >= 15 is 0 Å². The van der Waals surface area contributed by atoms with Gasteiger partial charge in [0, 0.05) is 11.1 Å². The number of hydrogen-bond acceptors (Lipinski definition) is 11. The van der Waals surface area contributed by atoms with Gasteiger partial charge in [0.05, 0.1) is 25.4 Å². The Bertz CT molecular complexity index is 797. The molecule has 12 heteroatoms. The molecule has 1 unspecified atom stereocenters. The quantitative estimate of drug-likeness (QED) is 0.142. The van der Waals surface area contributed by atoms with Crippen molar-refractivity contribution in [1.82, 2.24) is 5.48 Å². The number of aryl methyl sites for hydroxylation is 1. The van der Waals surface area contributed by atoms with E-state index in [9.17, 15) is 10.2 Å². The van der Waals surface area contributed by atoms with E-state index in [1.807, 2.05) is 25.4 Å². The molecule has 4 atom stereocenters. The third kappa shape index (κ3) is 11.9. The molecular formula is C23H39N2O10+. The van der Waals surface area contributed by atoms with Crippen LogP contribution >= 0.6 is 0 Å². The number of nitrogens with one attached hydrogen (secondary N) is 2. The maximum absolute atomic E-state index is 9.78. The first-order chi connectivity index (χ1) is 16.5. The molecule has 1 aromatic heterocycles. The van der Waals surface area contributed by atoms with Crippen molar-refractivity contribution in [2.45, 2.75) is 64.4 Å². The first kappa shape index (κ1) is 30.9. The molecule has 0 aliphatic carbocycles. The molecule has 12 nitrogen and oxygen atoms in total. The predicted molar refractivity (Wildman–Crippen MR) is 123 cm³/mol. The Morgan fingerprint density at radius 2 is 1.77 bits per heavy atom. The molecule has 0 radical (unpaired) electrons. The molecular weight excluding hydrogens is 464 g/mol. The summed E-state index contributed by atoms with van der Waals surface area (Å²) in [6.45, 7) is 5.93. The maximum atomic E-state index is 9.78. The molecule has 1 aliphatic heterocycles. The molecule has 0 spiro atoms. The SMILES string of the molecule is CC(C)(C)O[C@@H](CO)[C@@H](O)C(CO)OCO.Cc1c[nH+]cc(CON[C@@H]2OC(CO)=CC=C2O)c1. The molecule has 8 N–H and O–H groups in total. The second-order valence-corrected chi connectivity index (χ2v) is 8.66. The summed E-state index contributed by atoms with van der Waals surface area (Å²) in [5.74, 6) is 0.357. The van der Waals surface area contributed by atoms with Crippen molar-refractivity contribution < 1.29 is 54.7 Å². The van der Waals surface area contributed by atoms with Gasteiger partial charge in [0.15, 0.2) is 18.2 Å². The number of aromatic nitrogens is 1. The number of hydrogen-bond donors (Lipinski definition) is 7. The van der Waals surface area contributed by atoms with E-state index in [4.69, 9.17) is 39.5 Å². The molecule has 2 heterocycles. The van der Waals surface area contributed by atoms with Crippen LogP contribution in [0.3, 0.4) is 0 Å². The van der Waals surface area contributed by atoms with Gasteiger partial charge in [0.1, 0.15) is 37.5 Å². The standard InChI is InChI=1S/C13H16N2O4.C10H22O6/c1-9-4-10(6-14-5-9)8-18-15-13-12(17)3-2-11(7-16)19-13;1-10(2,3)16-8(5-12)9(14)7(4-11)15-6-13/h2-6,13,15-17H,7-8H2,1H3;7-9,11-14H,4-6H2,1-3H3/p+1/t13-;7?,8-,9-/m10/s1. The molecule has 0 saturated carbocycles. The number of pyridine rings is 1. The molecule has 0 bridgehead atoms. The molecule has 0 fully saturated rings. The number of allylic oxidation sites excluding steroid dienone is 2. The lowest BCUT2D eigenvalue weighted by atomic mass is 10.1.